The highest BCUT2D eigenvalue weighted by molar-refractivity contribution is 5.95. The number of tetrazole rings is 1. The fourth-order valence-electron chi connectivity index (χ4n) is 3.43. The highest BCUT2D eigenvalue weighted by Crippen LogP contribution is 2.24. The molecule has 1 aromatic heterocycles. The van der Waals surface area contributed by atoms with Crippen molar-refractivity contribution >= 4 is 5.91 Å². The van der Waals surface area contributed by atoms with Crippen molar-refractivity contribution in [3.63, 3.8) is 0 Å². The van der Waals surface area contributed by atoms with E-state index in [0.717, 1.165) is 36.1 Å². The number of aromatic amines is 1. The maximum absolute atomic E-state index is 12.9. The van der Waals surface area contributed by atoms with Crippen LogP contribution in [-0.4, -0.2) is 57.7 Å². The number of nitrogens with zero attached hydrogens (tertiary/aromatic N) is 4. The molecule has 0 aliphatic carbocycles. The van der Waals surface area contributed by atoms with Gasteiger partial charge in [-0.15, -0.1) is 10.2 Å². The number of likely N-dealkylation sites (tertiary alicyclic amines) is 1. The van der Waals surface area contributed by atoms with Gasteiger partial charge >= 0.3 is 0 Å². The van der Waals surface area contributed by atoms with Crippen molar-refractivity contribution in [3.05, 3.63) is 54.1 Å². The lowest BCUT2D eigenvalue weighted by Crippen LogP contribution is -2.42. The molecule has 2 heterocycles. The van der Waals surface area contributed by atoms with Crippen LogP contribution in [0.15, 0.2) is 48.5 Å². The zero-order valence-corrected chi connectivity index (χ0v) is 15.1. The summed E-state index contributed by atoms with van der Waals surface area (Å²) in [4.78, 5) is 14.8. The van der Waals surface area contributed by atoms with Gasteiger partial charge in [0.2, 0.25) is 5.82 Å². The second kappa shape index (κ2) is 7.67. The minimum atomic E-state index is 0.0574. The Hall–Kier alpha value is -3.06. The molecule has 1 fully saturated rings. The predicted molar refractivity (Wildman–Crippen MR) is 101 cm³/mol. The van der Waals surface area contributed by atoms with Crippen molar-refractivity contribution in [2.45, 2.75) is 18.9 Å². The number of rotatable bonds is 4. The van der Waals surface area contributed by atoms with E-state index in [1.807, 2.05) is 53.4 Å². The number of hydrogen-bond acceptors (Lipinski definition) is 5. The Kier molecular flexibility index (Phi) is 4.93. The number of aromatic nitrogens is 4. The van der Waals surface area contributed by atoms with Gasteiger partial charge in [0.15, 0.2) is 0 Å². The molecule has 2 aromatic carbocycles. The molecular weight excluding hydrogens is 342 g/mol. The molecule has 1 aliphatic heterocycles. The fraction of sp³-hybridized carbons (Fsp3) is 0.300. The Bertz CT molecular complexity index is 908. The third kappa shape index (κ3) is 3.73. The lowest BCUT2D eigenvalue weighted by atomic mass is 10.0. The van der Waals surface area contributed by atoms with Crippen LogP contribution in [0, 0.1) is 0 Å². The third-order valence-corrected chi connectivity index (χ3v) is 4.93. The molecule has 0 radical (unpaired) electrons. The van der Waals surface area contributed by atoms with E-state index in [-0.39, 0.29) is 12.0 Å². The molecular formula is C20H21N5O2. The Labute approximate surface area is 157 Å². The number of benzene rings is 2. The van der Waals surface area contributed by atoms with Crippen LogP contribution in [0.1, 0.15) is 23.2 Å². The SMILES string of the molecule is CO[C@H]1CCCN(C(=O)c2cccc(-c3ccc(-c4nn[nH]n4)cc3)c2)C1. The van der Waals surface area contributed by atoms with Gasteiger partial charge in [0.25, 0.3) is 5.91 Å². The second-order valence-electron chi connectivity index (χ2n) is 6.64. The van der Waals surface area contributed by atoms with Crippen LogP contribution >= 0.6 is 0 Å². The topological polar surface area (TPSA) is 84.0 Å². The summed E-state index contributed by atoms with van der Waals surface area (Å²) in [5, 5.41) is 14.0. The molecule has 0 saturated carbocycles. The average molecular weight is 363 g/mol. The standard InChI is InChI=1S/C20H21N5O2/c1-27-18-6-3-11-25(13-18)20(26)17-5-2-4-16(12-17)14-7-9-15(10-8-14)19-21-23-24-22-19/h2,4-5,7-10,12,18H,3,6,11,13H2,1H3,(H,21,22,23,24)/t18-/m0/s1. The van der Waals surface area contributed by atoms with E-state index in [0.29, 0.717) is 17.9 Å². The van der Waals surface area contributed by atoms with Gasteiger partial charge in [-0.1, -0.05) is 36.4 Å². The molecule has 7 nitrogen and oxygen atoms in total. The van der Waals surface area contributed by atoms with Crippen LogP contribution in [0.2, 0.25) is 0 Å². The molecule has 1 saturated heterocycles. The minimum Gasteiger partial charge on any atom is -0.380 e. The second-order valence-corrected chi connectivity index (χ2v) is 6.64. The van der Waals surface area contributed by atoms with Crippen LogP contribution in [0.25, 0.3) is 22.5 Å². The molecule has 1 N–H and O–H groups in total. The molecule has 3 aromatic rings. The summed E-state index contributed by atoms with van der Waals surface area (Å²) in [6.07, 6.45) is 2.11. The molecule has 7 heteroatoms. The Morgan fingerprint density at radius 3 is 2.70 bits per heavy atom. The van der Waals surface area contributed by atoms with E-state index >= 15 is 0 Å². The number of methoxy groups -OCH3 is 1. The van der Waals surface area contributed by atoms with Crippen LogP contribution in [0.3, 0.4) is 0 Å². The summed E-state index contributed by atoms with van der Waals surface area (Å²) < 4.78 is 5.43. The smallest absolute Gasteiger partial charge is 0.253 e. The highest BCUT2D eigenvalue weighted by Gasteiger charge is 2.24. The van der Waals surface area contributed by atoms with Gasteiger partial charge < -0.3 is 9.64 Å². The highest BCUT2D eigenvalue weighted by atomic mass is 16.5. The molecule has 0 unspecified atom stereocenters. The van der Waals surface area contributed by atoms with E-state index in [4.69, 9.17) is 4.74 Å². The van der Waals surface area contributed by atoms with Gasteiger partial charge in [0.1, 0.15) is 0 Å². The van der Waals surface area contributed by atoms with E-state index in [1.54, 1.807) is 7.11 Å². The van der Waals surface area contributed by atoms with Gasteiger partial charge in [0.05, 0.1) is 6.10 Å². The molecule has 27 heavy (non-hydrogen) atoms. The average Bonchev–Trinajstić information content (AvgIpc) is 3.28. The number of hydrogen-bond donors (Lipinski definition) is 1. The number of amides is 1. The number of carbonyl (C=O) groups is 1. The van der Waals surface area contributed by atoms with E-state index in [1.165, 1.54) is 0 Å². The fourth-order valence-corrected chi connectivity index (χ4v) is 3.43. The lowest BCUT2D eigenvalue weighted by molar-refractivity contribution is 0.0269. The monoisotopic (exact) mass is 363 g/mol. The Morgan fingerprint density at radius 1 is 1.15 bits per heavy atom. The summed E-state index contributed by atoms with van der Waals surface area (Å²) in [7, 11) is 1.71. The Morgan fingerprint density at radius 2 is 1.96 bits per heavy atom. The summed E-state index contributed by atoms with van der Waals surface area (Å²) in [6.45, 7) is 1.43. The zero-order valence-electron chi connectivity index (χ0n) is 15.1. The van der Waals surface area contributed by atoms with E-state index in [9.17, 15) is 4.79 Å². The minimum absolute atomic E-state index is 0.0574. The van der Waals surface area contributed by atoms with Gasteiger partial charge in [-0.3, -0.25) is 4.79 Å². The first-order valence-corrected chi connectivity index (χ1v) is 9.01. The van der Waals surface area contributed by atoms with Crippen molar-refractivity contribution in [1.29, 1.82) is 0 Å². The van der Waals surface area contributed by atoms with E-state index < -0.39 is 0 Å². The van der Waals surface area contributed by atoms with Crippen LogP contribution in [0.4, 0.5) is 0 Å². The quantitative estimate of drug-likeness (QED) is 0.770. The van der Waals surface area contributed by atoms with Gasteiger partial charge in [-0.2, -0.15) is 5.21 Å². The van der Waals surface area contributed by atoms with Gasteiger partial charge in [0, 0.05) is 31.3 Å². The Balaban J connectivity index is 1.54. The van der Waals surface area contributed by atoms with Crippen molar-refractivity contribution in [2.24, 2.45) is 0 Å². The van der Waals surface area contributed by atoms with Crippen molar-refractivity contribution < 1.29 is 9.53 Å². The first kappa shape index (κ1) is 17.4. The molecule has 138 valence electrons. The van der Waals surface area contributed by atoms with Crippen LogP contribution < -0.4 is 0 Å². The summed E-state index contributed by atoms with van der Waals surface area (Å²) in [5.74, 6) is 0.616. The van der Waals surface area contributed by atoms with Gasteiger partial charge in [-0.25, -0.2) is 0 Å². The predicted octanol–water partition coefficient (Wildman–Crippen LogP) is 2.78. The zero-order chi connectivity index (χ0) is 18.6. The first-order chi connectivity index (χ1) is 13.2. The molecule has 1 amide bonds. The summed E-state index contributed by atoms with van der Waals surface area (Å²) in [6, 6.07) is 15.6. The maximum atomic E-state index is 12.9. The van der Waals surface area contributed by atoms with Crippen molar-refractivity contribution in [1.82, 2.24) is 25.5 Å². The van der Waals surface area contributed by atoms with Crippen LogP contribution in [-0.2, 0) is 4.74 Å². The number of ether oxygens (including phenoxy) is 1. The maximum Gasteiger partial charge on any atom is 0.253 e. The van der Waals surface area contributed by atoms with Crippen molar-refractivity contribution in [2.75, 3.05) is 20.2 Å². The largest absolute Gasteiger partial charge is 0.380 e. The number of piperidine rings is 1. The first-order valence-electron chi connectivity index (χ1n) is 9.01. The number of H-pyrrole nitrogens is 1. The molecule has 0 spiro atoms. The summed E-state index contributed by atoms with van der Waals surface area (Å²) >= 11 is 0. The number of carbonyl (C=O) groups excluding carboxylic acids is 1. The molecule has 1 atom stereocenters. The third-order valence-electron chi connectivity index (χ3n) is 4.93. The molecule has 1 aliphatic rings. The molecule has 0 bridgehead atoms. The molecule has 4 rings (SSSR count). The van der Waals surface area contributed by atoms with E-state index in [2.05, 4.69) is 20.6 Å². The summed E-state index contributed by atoms with van der Waals surface area (Å²) in [5.41, 5.74) is 3.62. The lowest BCUT2D eigenvalue weighted by Gasteiger charge is -2.32. The number of nitrogens with one attached hydrogen (secondary N) is 1. The normalized spacial score (nSPS) is 17.1. The van der Waals surface area contributed by atoms with Gasteiger partial charge in [-0.05, 0) is 41.3 Å². The van der Waals surface area contributed by atoms with Crippen LogP contribution in [0.5, 0.6) is 0 Å². The van der Waals surface area contributed by atoms with Crippen molar-refractivity contribution in [3.8, 4) is 22.5 Å².